The molecule has 108 valence electrons. The zero-order valence-corrected chi connectivity index (χ0v) is 12.9. The second kappa shape index (κ2) is 5.78. The highest BCUT2D eigenvalue weighted by Crippen LogP contribution is 2.20. The molecular weight excluding hydrogens is 284 g/mol. The molecule has 0 aliphatic carbocycles. The van der Waals surface area contributed by atoms with Crippen LogP contribution in [0.25, 0.3) is 0 Å². The van der Waals surface area contributed by atoms with Crippen LogP contribution in [0.1, 0.15) is 44.7 Å². The maximum atomic E-state index is 12.3. The van der Waals surface area contributed by atoms with E-state index in [0.29, 0.717) is 0 Å². The van der Waals surface area contributed by atoms with Gasteiger partial charge in [-0.3, -0.25) is 0 Å². The molecule has 2 atom stereocenters. The molecule has 0 saturated heterocycles. The van der Waals surface area contributed by atoms with Crippen LogP contribution in [0, 0.1) is 0 Å². The van der Waals surface area contributed by atoms with Gasteiger partial charge in [-0.05, 0) is 45.3 Å². The highest BCUT2D eigenvalue weighted by atomic mass is 32.2. The Balaban J connectivity index is 3.44. The first-order chi connectivity index (χ1) is 10.1. The van der Waals surface area contributed by atoms with Gasteiger partial charge in [0.15, 0.2) is 14.9 Å². The lowest BCUT2D eigenvalue weighted by atomic mass is 10.1. The smallest absolute Gasteiger partial charge is 0.192 e. The van der Waals surface area contributed by atoms with Crippen molar-refractivity contribution < 1.29 is 18.5 Å². The van der Waals surface area contributed by atoms with Gasteiger partial charge in [0, 0.05) is 27.9 Å². The molecule has 5 nitrogen and oxygen atoms in total. The highest BCUT2D eigenvalue weighted by Gasteiger charge is 2.28. The SMILES string of the molecule is [2H]C([2H])([2H])[C@]([2H])(N[S@+]([O-])C(C)(C)C)c1ccnc(S(C)(=O)=O)c1. The molecule has 0 aliphatic rings. The molecule has 0 bridgehead atoms. The molecule has 1 rings (SSSR count). The summed E-state index contributed by atoms with van der Waals surface area (Å²) in [5.41, 5.74) is -0.148. The molecule has 1 N–H and O–H groups in total. The predicted octanol–water partition coefficient (Wildman–Crippen LogP) is 1.60. The second-order valence-corrected chi connectivity index (χ2v) is 8.94. The standard InChI is InChI=1S/C12H20N2O3S2/c1-9(14-18(15)12(2,3)4)10-6-7-13-11(8-10)19(5,16)17/h6-9,14H,1-5H3/t9-,18+/m0/s1/i1D3,9D. The van der Waals surface area contributed by atoms with Gasteiger partial charge in [-0.2, -0.15) is 0 Å². The molecule has 0 saturated carbocycles. The van der Waals surface area contributed by atoms with Crippen molar-refractivity contribution in [3.8, 4) is 0 Å². The first-order valence-electron chi connectivity index (χ1n) is 7.45. The number of hydrogen-bond donors (Lipinski definition) is 1. The summed E-state index contributed by atoms with van der Waals surface area (Å²) < 4.78 is 68.2. The summed E-state index contributed by atoms with van der Waals surface area (Å²) in [5.74, 6) is 0. The lowest BCUT2D eigenvalue weighted by molar-refractivity contribution is 0.531. The van der Waals surface area contributed by atoms with Crippen LogP contribution >= 0.6 is 0 Å². The van der Waals surface area contributed by atoms with Crippen LogP contribution in [0.3, 0.4) is 0 Å². The molecule has 0 unspecified atom stereocenters. The number of aromatic nitrogens is 1. The molecule has 19 heavy (non-hydrogen) atoms. The average Bonchev–Trinajstić information content (AvgIpc) is 2.35. The number of nitrogens with zero attached hydrogens (tertiary/aromatic N) is 1. The lowest BCUT2D eigenvalue weighted by Crippen LogP contribution is -2.40. The third kappa shape index (κ3) is 4.76. The number of hydrogen-bond acceptors (Lipinski definition) is 5. The molecule has 0 radical (unpaired) electrons. The van der Waals surface area contributed by atoms with Crippen LogP contribution in [-0.4, -0.2) is 29.0 Å². The van der Waals surface area contributed by atoms with Crippen molar-refractivity contribution in [2.75, 3.05) is 6.26 Å². The Morgan fingerprint density at radius 3 is 2.68 bits per heavy atom. The monoisotopic (exact) mass is 308 g/mol. The summed E-state index contributed by atoms with van der Waals surface area (Å²) in [6.07, 6.45) is 2.04. The molecule has 0 aliphatic heterocycles. The van der Waals surface area contributed by atoms with E-state index in [9.17, 15) is 13.0 Å². The molecule has 1 aromatic rings. The van der Waals surface area contributed by atoms with Gasteiger partial charge in [-0.25, -0.2) is 13.4 Å². The topological polar surface area (TPSA) is 82.1 Å². The fourth-order valence-corrected chi connectivity index (χ4v) is 2.28. The van der Waals surface area contributed by atoms with E-state index in [4.69, 9.17) is 5.48 Å². The first-order valence-corrected chi connectivity index (χ1v) is 8.49. The lowest BCUT2D eigenvalue weighted by Gasteiger charge is -2.26. The zero-order chi connectivity index (χ0) is 18.3. The van der Waals surface area contributed by atoms with Gasteiger partial charge < -0.3 is 4.55 Å². The third-order valence-electron chi connectivity index (χ3n) is 2.15. The fraction of sp³-hybridized carbons (Fsp3) is 0.583. The summed E-state index contributed by atoms with van der Waals surface area (Å²) in [4.78, 5) is 3.68. The number of sulfone groups is 1. The molecule has 0 aromatic carbocycles. The largest absolute Gasteiger partial charge is 0.598 e. The summed E-state index contributed by atoms with van der Waals surface area (Å²) in [7, 11) is -3.67. The predicted molar refractivity (Wildman–Crippen MR) is 76.8 cm³/mol. The fourth-order valence-electron chi connectivity index (χ4n) is 1.07. The Morgan fingerprint density at radius 2 is 2.21 bits per heavy atom. The Bertz CT molecular complexity index is 674. The number of rotatable bonds is 4. The van der Waals surface area contributed by atoms with E-state index in [1.54, 1.807) is 20.8 Å². The Morgan fingerprint density at radius 1 is 1.58 bits per heavy atom. The van der Waals surface area contributed by atoms with E-state index in [1.165, 1.54) is 6.07 Å². The highest BCUT2D eigenvalue weighted by molar-refractivity contribution is 7.91. The van der Waals surface area contributed by atoms with Crippen molar-refractivity contribution in [1.29, 1.82) is 0 Å². The maximum absolute atomic E-state index is 12.3. The van der Waals surface area contributed by atoms with E-state index < -0.39 is 38.8 Å². The van der Waals surface area contributed by atoms with E-state index in [2.05, 4.69) is 9.71 Å². The van der Waals surface area contributed by atoms with Gasteiger partial charge in [-0.15, -0.1) is 4.72 Å². The minimum absolute atomic E-state index is 0.148. The normalized spacial score (nSPS) is 21.5. The van der Waals surface area contributed by atoms with Crippen LogP contribution in [0.4, 0.5) is 0 Å². The van der Waals surface area contributed by atoms with Gasteiger partial charge in [-0.1, -0.05) is 0 Å². The van der Waals surface area contributed by atoms with Crippen molar-refractivity contribution in [2.24, 2.45) is 0 Å². The van der Waals surface area contributed by atoms with E-state index in [1.807, 2.05) is 0 Å². The Hall–Kier alpha value is -0.630. The molecule has 1 heterocycles. The summed E-state index contributed by atoms with van der Waals surface area (Å²) in [6.45, 7) is 2.00. The van der Waals surface area contributed by atoms with Crippen molar-refractivity contribution >= 4 is 21.2 Å². The minimum Gasteiger partial charge on any atom is -0.598 e. The molecule has 0 spiro atoms. The molecule has 0 amide bonds. The van der Waals surface area contributed by atoms with E-state index in [0.717, 1.165) is 18.5 Å². The zero-order valence-electron chi connectivity index (χ0n) is 15.2. The van der Waals surface area contributed by atoms with Crippen molar-refractivity contribution in [3.05, 3.63) is 23.9 Å². The molecule has 1 aromatic heterocycles. The van der Waals surface area contributed by atoms with E-state index in [-0.39, 0.29) is 10.6 Å². The van der Waals surface area contributed by atoms with Crippen LogP contribution in [-0.2, 0) is 21.2 Å². The molecule has 0 fully saturated rings. The third-order valence-corrected chi connectivity index (χ3v) is 4.64. The summed E-state index contributed by atoms with van der Waals surface area (Å²) in [5, 5.41) is -0.348. The van der Waals surface area contributed by atoms with Crippen molar-refractivity contribution in [2.45, 2.75) is 43.4 Å². The van der Waals surface area contributed by atoms with Gasteiger partial charge in [0.1, 0.15) is 4.75 Å². The van der Waals surface area contributed by atoms with E-state index >= 15 is 0 Å². The second-order valence-electron chi connectivity index (χ2n) is 5.01. The Kier molecular flexibility index (Phi) is 3.37. The minimum atomic E-state index is -3.67. The van der Waals surface area contributed by atoms with Crippen molar-refractivity contribution in [1.82, 2.24) is 9.71 Å². The van der Waals surface area contributed by atoms with Crippen LogP contribution < -0.4 is 4.72 Å². The van der Waals surface area contributed by atoms with Gasteiger partial charge in [0.2, 0.25) is 0 Å². The Labute approximate surface area is 123 Å². The maximum Gasteiger partial charge on any atom is 0.192 e. The van der Waals surface area contributed by atoms with Crippen LogP contribution in [0.2, 0.25) is 0 Å². The summed E-state index contributed by atoms with van der Waals surface area (Å²) in [6, 6.07) is -0.198. The van der Waals surface area contributed by atoms with Crippen molar-refractivity contribution in [3.63, 3.8) is 0 Å². The first kappa shape index (κ1) is 11.1. The average molecular weight is 308 g/mol. The molecule has 7 heteroatoms. The number of pyridine rings is 1. The van der Waals surface area contributed by atoms with Gasteiger partial charge >= 0.3 is 0 Å². The van der Waals surface area contributed by atoms with Crippen LogP contribution in [0.15, 0.2) is 23.4 Å². The molecular formula is C12H20N2O3S2. The summed E-state index contributed by atoms with van der Waals surface area (Å²) >= 11 is -1.85. The van der Waals surface area contributed by atoms with Crippen LogP contribution in [0.5, 0.6) is 0 Å². The number of nitrogens with one attached hydrogen (secondary N) is 1. The van der Waals surface area contributed by atoms with Gasteiger partial charge in [0.05, 0.1) is 7.39 Å². The van der Waals surface area contributed by atoms with Gasteiger partial charge in [0.25, 0.3) is 0 Å². The quantitative estimate of drug-likeness (QED) is 0.854.